The van der Waals surface area contributed by atoms with Crippen molar-refractivity contribution >= 4 is 5.91 Å². The first-order valence-electron chi connectivity index (χ1n) is 7.89. The molecule has 0 radical (unpaired) electrons. The average molecular weight is 316 g/mol. The zero-order valence-corrected chi connectivity index (χ0v) is 12.9. The van der Waals surface area contributed by atoms with Crippen LogP contribution >= 0.6 is 0 Å². The maximum atomic E-state index is 12.3. The molecular weight excluding hydrogens is 296 g/mol. The van der Waals surface area contributed by atoms with Crippen LogP contribution in [-0.4, -0.2) is 50.7 Å². The van der Waals surface area contributed by atoms with Crippen LogP contribution in [-0.2, 0) is 11.2 Å². The van der Waals surface area contributed by atoms with Gasteiger partial charge in [-0.3, -0.25) is 9.78 Å². The molecule has 0 spiro atoms. The predicted octanol–water partition coefficient (Wildman–Crippen LogP) is 1.30. The van der Waals surface area contributed by atoms with Crippen molar-refractivity contribution in [3.63, 3.8) is 0 Å². The molecule has 3 heterocycles. The number of amides is 1. The molecule has 1 aliphatic heterocycles. The van der Waals surface area contributed by atoms with E-state index < -0.39 is 0 Å². The van der Waals surface area contributed by atoms with Gasteiger partial charge in [0.15, 0.2) is 0 Å². The van der Waals surface area contributed by atoms with Gasteiger partial charge in [0.25, 0.3) is 0 Å². The zero-order valence-electron chi connectivity index (χ0n) is 12.9. The molecule has 2 aromatic rings. The van der Waals surface area contributed by atoms with Crippen LogP contribution < -0.4 is 0 Å². The predicted molar refractivity (Wildman–Crippen MR) is 82.2 cm³/mol. The summed E-state index contributed by atoms with van der Waals surface area (Å²) >= 11 is 0. The maximum Gasteiger partial charge on any atom is 0.227 e. The average Bonchev–Trinajstić information content (AvgIpc) is 3.09. The number of aliphatic hydroxyl groups is 1. The quantitative estimate of drug-likeness (QED) is 0.893. The van der Waals surface area contributed by atoms with Crippen LogP contribution in [0.1, 0.15) is 25.2 Å². The smallest absolute Gasteiger partial charge is 0.227 e. The van der Waals surface area contributed by atoms with E-state index >= 15 is 0 Å². The third-order valence-corrected chi connectivity index (χ3v) is 4.04. The van der Waals surface area contributed by atoms with E-state index in [0.29, 0.717) is 36.8 Å². The van der Waals surface area contributed by atoms with Gasteiger partial charge in [0.1, 0.15) is 5.69 Å². The van der Waals surface area contributed by atoms with Crippen molar-refractivity contribution in [2.45, 2.75) is 25.7 Å². The van der Waals surface area contributed by atoms with Gasteiger partial charge in [-0.05, 0) is 30.9 Å². The van der Waals surface area contributed by atoms with Crippen molar-refractivity contribution in [1.82, 2.24) is 20.0 Å². The van der Waals surface area contributed by atoms with E-state index in [1.54, 1.807) is 6.20 Å². The molecule has 7 heteroatoms. The van der Waals surface area contributed by atoms with Crippen molar-refractivity contribution in [3.8, 4) is 11.5 Å². The monoisotopic (exact) mass is 316 g/mol. The molecule has 0 aromatic carbocycles. The molecule has 23 heavy (non-hydrogen) atoms. The van der Waals surface area contributed by atoms with Gasteiger partial charge >= 0.3 is 0 Å². The number of nitrogens with zero attached hydrogens (tertiary/aromatic N) is 4. The second kappa shape index (κ2) is 7.32. The van der Waals surface area contributed by atoms with Crippen molar-refractivity contribution in [1.29, 1.82) is 0 Å². The van der Waals surface area contributed by atoms with Crippen LogP contribution in [0.5, 0.6) is 0 Å². The van der Waals surface area contributed by atoms with Crippen molar-refractivity contribution in [3.05, 3.63) is 30.3 Å². The van der Waals surface area contributed by atoms with E-state index in [9.17, 15) is 9.90 Å². The molecule has 1 saturated heterocycles. The summed E-state index contributed by atoms with van der Waals surface area (Å²) < 4.78 is 5.19. The Hall–Kier alpha value is -2.28. The maximum absolute atomic E-state index is 12.3. The third kappa shape index (κ3) is 3.92. The van der Waals surface area contributed by atoms with Gasteiger partial charge in [0.2, 0.25) is 17.6 Å². The van der Waals surface area contributed by atoms with Crippen molar-refractivity contribution < 1.29 is 14.4 Å². The van der Waals surface area contributed by atoms with Crippen LogP contribution in [0.2, 0.25) is 0 Å². The Balaban J connectivity index is 1.54. The first-order chi connectivity index (χ1) is 11.3. The summed E-state index contributed by atoms with van der Waals surface area (Å²) in [6.07, 6.45) is 4.35. The van der Waals surface area contributed by atoms with Gasteiger partial charge in [0.05, 0.1) is 0 Å². The Bertz CT molecular complexity index is 644. The van der Waals surface area contributed by atoms with E-state index in [0.717, 1.165) is 19.4 Å². The van der Waals surface area contributed by atoms with Crippen molar-refractivity contribution in [2.75, 3.05) is 19.7 Å². The number of aryl methyl sites for hydroxylation is 1. The number of hydrogen-bond donors (Lipinski definition) is 1. The number of aromatic nitrogens is 3. The van der Waals surface area contributed by atoms with Crippen LogP contribution in [0, 0.1) is 5.92 Å². The van der Waals surface area contributed by atoms with Gasteiger partial charge in [0, 0.05) is 38.7 Å². The number of carbonyl (C=O) groups is 1. The highest BCUT2D eigenvalue weighted by molar-refractivity contribution is 5.76. The standard InChI is InChI=1S/C16H20N4O3/c21-11-12-4-3-9-20(10-12)15(22)7-6-14-18-16(19-23-14)13-5-1-2-8-17-13/h1-2,5,8,12,21H,3-4,6-7,9-11H2. The molecule has 1 unspecified atom stereocenters. The van der Waals surface area contributed by atoms with Crippen LogP contribution in [0.25, 0.3) is 11.5 Å². The Labute approximate surface area is 134 Å². The highest BCUT2D eigenvalue weighted by Crippen LogP contribution is 2.17. The van der Waals surface area contributed by atoms with E-state index in [1.807, 2.05) is 23.1 Å². The Kier molecular flexibility index (Phi) is 4.97. The number of aliphatic hydroxyl groups excluding tert-OH is 1. The Morgan fingerprint density at radius 2 is 2.35 bits per heavy atom. The number of rotatable bonds is 5. The lowest BCUT2D eigenvalue weighted by Crippen LogP contribution is -2.41. The fraction of sp³-hybridized carbons (Fsp3) is 0.500. The van der Waals surface area contributed by atoms with Crippen LogP contribution in [0.15, 0.2) is 28.9 Å². The van der Waals surface area contributed by atoms with E-state index in [2.05, 4.69) is 15.1 Å². The molecule has 0 bridgehead atoms. The lowest BCUT2D eigenvalue weighted by atomic mass is 9.99. The number of pyridine rings is 1. The van der Waals surface area contributed by atoms with Gasteiger partial charge < -0.3 is 14.5 Å². The largest absolute Gasteiger partial charge is 0.396 e. The molecular formula is C16H20N4O3. The summed E-state index contributed by atoms with van der Waals surface area (Å²) in [7, 11) is 0. The molecule has 7 nitrogen and oxygen atoms in total. The second-order valence-electron chi connectivity index (χ2n) is 5.76. The van der Waals surface area contributed by atoms with Gasteiger partial charge in [-0.1, -0.05) is 11.2 Å². The highest BCUT2D eigenvalue weighted by atomic mass is 16.5. The second-order valence-corrected chi connectivity index (χ2v) is 5.76. The number of piperidine rings is 1. The number of hydrogen-bond acceptors (Lipinski definition) is 6. The van der Waals surface area contributed by atoms with E-state index in [-0.39, 0.29) is 18.4 Å². The molecule has 3 rings (SSSR count). The molecule has 0 saturated carbocycles. The zero-order chi connectivity index (χ0) is 16.1. The summed E-state index contributed by atoms with van der Waals surface area (Å²) in [5.74, 6) is 1.15. The Morgan fingerprint density at radius 1 is 1.43 bits per heavy atom. The molecule has 2 aromatic heterocycles. The highest BCUT2D eigenvalue weighted by Gasteiger charge is 2.23. The lowest BCUT2D eigenvalue weighted by molar-refractivity contribution is -0.133. The fourth-order valence-corrected chi connectivity index (χ4v) is 2.77. The van der Waals surface area contributed by atoms with E-state index in [1.165, 1.54) is 0 Å². The van der Waals surface area contributed by atoms with Gasteiger partial charge in [-0.15, -0.1) is 0 Å². The summed E-state index contributed by atoms with van der Waals surface area (Å²) in [6, 6.07) is 5.49. The summed E-state index contributed by atoms with van der Waals surface area (Å²) in [5.41, 5.74) is 0.649. The first kappa shape index (κ1) is 15.6. The fourth-order valence-electron chi connectivity index (χ4n) is 2.77. The minimum absolute atomic E-state index is 0.0701. The molecule has 1 fully saturated rings. The number of carbonyl (C=O) groups excluding carboxylic acids is 1. The van der Waals surface area contributed by atoms with Gasteiger partial charge in [-0.25, -0.2) is 0 Å². The summed E-state index contributed by atoms with van der Waals surface area (Å²) in [4.78, 5) is 22.5. The molecule has 0 aliphatic carbocycles. The van der Waals surface area contributed by atoms with Gasteiger partial charge in [-0.2, -0.15) is 4.98 Å². The SMILES string of the molecule is O=C(CCc1nc(-c2ccccn2)no1)N1CCCC(CO)C1. The minimum atomic E-state index is 0.0701. The van der Waals surface area contributed by atoms with E-state index in [4.69, 9.17) is 4.52 Å². The van der Waals surface area contributed by atoms with Crippen LogP contribution in [0.4, 0.5) is 0 Å². The molecule has 1 N–H and O–H groups in total. The Morgan fingerprint density at radius 3 is 3.13 bits per heavy atom. The first-order valence-corrected chi connectivity index (χ1v) is 7.89. The topological polar surface area (TPSA) is 92.3 Å². The molecule has 122 valence electrons. The minimum Gasteiger partial charge on any atom is -0.396 e. The molecule has 1 amide bonds. The van der Waals surface area contributed by atoms with Crippen LogP contribution in [0.3, 0.4) is 0 Å². The normalized spacial score (nSPS) is 18.1. The van der Waals surface area contributed by atoms with Crippen molar-refractivity contribution in [2.24, 2.45) is 5.92 Å². The summed E-state index contributed by atoms with van der Waals surface area (Å²) in [5, 5.41) is 13.1. The molecule has 1 atom stereocenters. The summed E-state index contributed by atoms with van der Waals surface area (Å²) in [6.45, 7) is 1.54. The number of likely N-dealkylation sites (tertiary alicyclic amines) is 1. The lowest BCUT2D eigenvalue weighted by Gasteiger charge is -2.31. The molecule has 1 aliphatic rings. The third-order valence-electron chi connectivity index (χ3n) is 4.04.